The van der Waals surface area contributed by atoms with Gasteiger partial charge in [0.25, 0.3) is 0 Å². The number of guanidine groups is 1. The molecule has 1 aliphatic rings. The highest BCUT2D eigenvalue weighted by Crippen LogP contribution is 2.27. The monoisotopic (exact) mass is 406 g/mol. The van der Waals surface area contributed by atoms with Crippen LogP contribution in [0.3, 0.4) is 0 Å². The van der Waals surface area contributed by atoms with Gasteiger partial charge in [-0.3, -0.25) is 0 Å². The molecule has 8 nitrogen and oxygen atoms in total. The van der Waals surface area contributed by atoms with E-state index < -0.39 is 0 Å². The van der Waals surface area contributed by atoms with Crippen molar-refractivity contribution in [2.45, 2.75) is 39.4 Å². The van der Waals surface area contributed by atoms with E-state index in [-0.39, 0.29) is 0 Å². The maximum absolute atomic E-state index is 4.96. The summed E-state index contributed by atoms with van der Waals surface area (Å²) in [7, 11) is 0. The predicted molar refractivity (Wildman–Crippen MR) is 117 cm³/mol. The Hall–Kier alpha value is -3.16. The first-order valence-electron chi connectivity index (χ1n) is 10.6. The molecular weight excluding hydrogens is 376 g/mol. The fraction of sp³-hybridized carbons (Fsp3) is 0.455. The lowest BCUT2D eigenvalue weighted by Gasteiger charge is -2.39. The Labute approximate surface area is 177 Å². The van der Waals surface area contributed by atoms with Crippen molar-refractivity contribution in [3.05, 3.63) is 66.8 Å². The highest BCUT2D eigenvalue weighted by Gasteiger charge is 2.28. The number of aromatic nitrogens is 5. The van der Waals surface area contributed by atoms with E-state index in [4.69, 9.17) is 4.99 Å². The topological polar surface area (TPSA) is 76.2 Å². The minimum Gasteiger partial charge on any atom is -0.357 e. The number of aliphatic imine (C=N–C) groups is 1. The maximum atomic E-state index is 4.96. The molecule has 1 fully saturated rings. The molecule has 1 N–H and O–H groups in total. The van der Waals surface area contributed by atoms with Gasteiger partial charge in [0.05, 0.1) is 25.5 Å². The first kappa shape index (κ1) is 20.1. The number of rotatable bonds is 6. The third-order valence-electron chi connectivity index (χ3n) is 5.67. The van der Waals surface area contributed by atoms with E-state index in [0.29, 0.717) is 25.0 Å². The average Bonchev–Trinajstić information content (AvgIpc) is 3.46. The van der Waals surface area contributed by atoms with Gasteiger partial charge in [-0.25, -0.2) is 19.6 Å². The van der Waals surface area contributed by atoms with Gasteiger partial charge in [-0.1, -0.05) is 31.2 Å². The van der Waals surface area contributed by atoms with Gasteiger partial charge in [0, 0.05) is 32.0 Å². The molecule has 0 bridgehead atoms. The molecular formula is C22H30N8. The number of nitrogens with zero attached hydrogens (tertiary/aromatic N) is 7. The minimum absolute atomic E-state index is 0.413. The molecule has 30 heavy (non-hydrogen) atoms. The number of benzene rings is 1. The normalized spacial score (nSPS) is 19.8. The zero-order valence-corrected chi connectivity index (χ0v) is 17.7. The molecule has 1 saturated heterocycles. The number of hydrogen-bond donors (Lipinski definition) is 1. The lowest BCUT2D eigenvalue weighted by molar-refractivity contribution is 0.189. The minimum atomic E-state index is 0.413. The van der Waals surface area contributed by atoms with Crippen molar-refractivity contribution in [2.24, 2.45) is 10.9 Å². The summed E-state index contributed by atoms with van der Waals surface area (Å²) < 4.78 is 4.06. The van der Waals surface area contributed by atoms with Crippen LogP contribution in [-0.2, 0) is 13.1 Å². The van der Waals surface area contributed by atoms with E-state index in [1.54, 1.807) is 12.7 Å². The molecule has 158 valence electrons. The van der Waals surface area contributed by atoms with E-state index in [9.17, 15) is 0 Å². The lowest BCUT2D eigenvalue weighted by atomic mass is 9.93. The third kappa shape index (κ3) is 4.87. The third-order valence-corrected chi connectivity index (χ3v) is 5.67. The van der Waals surface area contributed by atoms with Crippen LogP contribution >= 0.6 is 0 Å². The fourth-order valence-corrected chi connectivity index (χ4v) is 4.01. The van der Waals surface area contributed by atoms with E-state index >= 15 is 0 Å². The summed E-state index contributed by atoms with van der Waals surface area (Å²) in [5.41, 5.74) is 2.39. The second-order valence-electron chi connectivity index (χ2n) is 7.87. The number of imidazole rings is 1. The van der Waals surface area contributed by atoms with Crippen LogP contribution in [0.25, 0.3) is 0 Å². The van der Waals surface area contributed by atoms with Crippen LogP contribution in [0.2, 0.25) is 0 Å². The number of piperidine rings is 1. The highest BCUT2D eigenvalue weighted by atomic mass is 15.3. The second kappa shape index (κ2) is 9.56. The average molecular weight is 407 g/mol. The van der Waals surface area contributed by atoms with Gasteiger partial charge in [0.15, 0.2) is 5.96 Å². The van der Waals surface area contributed by atoms with E-state index in [0.717, 1.165) is 32.0 Å². The lowest BCUT2D eigenvalue weighted by Crippen LogP contribution is -2.49. The first-order valence-corrected chi connectivity index (χ1v) is 10.6. The van der Waals surface area contributed by atoms with Crippen LogP contribution in [-0.4, -0.2) is 54.8 Å². The molecule has 0 saturated carbocycles. The van der Waals surface area contributed by atoms with Crippen molar-refractivity contribution in [3.8, 4) is 0 Å². The van der Waals surface area contributed by atoms with Gasteiger partial charge in [-0.2, -0.15) is 5.10 Å². The molecule has 0 aliphatic carbocycles. The van der Waals surface area contributed by atoms with Crippen LogP contribution < -0.4 is 5.32 Å². The second-order valence-corrected chi connectivity index (χ2v) is 7.87. The van der Waals surface area contributed by atoms with Gasteiger partial charge in [0.1, 0.15) is 12.7 Å². The fourth-order valence-electron chi connectivity index (χ4n) is 4.01. The number of hydrogen-bond acceptors (Lipinski definition) is 4. The summed E-state index contributed by atoms with van der Waals surface area (Å²) in [4.78, 5) is 15.6. The van der Waals surface area contributed by atoms with Crippen LogP contribution in [0.4, 0.5) is 0 Å². The Kier molecular flexibility index (Phi) is 6.41. The molecule has 3 heterocycles. The summed E-state index contributed by atoms with van der Waals surface area (Å²) in [6, 6.07) is 8.94. The summed E-state index contributed by atoms with van der Waals surface area (Å²) in [5, 5.41) is 7.67. The number of likely N-dealkylation sites (tertiary alicyclic amines) is 1. The van der Waals surface area contributed by atoms with Crippen LogP contribution in [0, 0.1) is 5.92 Å². The van der Waals surface area contributed by atoms with Gasteiger partial charge >= 0.3 is 0 Å². The molecule has 1 aromatic carbocycles. The number of nitrogens with one attached hydrogen (secondary N) is 1. The van der Waals surface area contributed by atoms with Gasteiger partial charge in [-0.15, -0.1) is 0 Å². The molecule has 0 amide bonds. The maximum Gasteiger partial charge on any atom is 0.194 e. The molecule has 0 spiro atoms. The smallest absolute Gasteiger partial charge is 0.194 e. The van der Waals surface area contributed by atoms with Crippen molar-refractivity contribution >= 4 is 5.96 Å². The Morgan fingerprint density at radius 1 is 1.23 bits per heavy atom. The van der Waals surface area contributed by atoms with Crippen molar-refractivity contribution < 1.29 is 0 Å². The molecule has 2 aromatic heterocycles. The predicted octanol–water partition coefficient (Wildman–Crippen LogP) is 2.57. The Balaban J connectivity index is 1.46. The summed E-state index contributed by atoms with van der Waals surface area (Å²) in [6.07, 6.45) is 10.3. The summed E-state index contributed by atoms with van der Waals surface area (Å²) in [6.45, 7) is 8.62. The SMILES string of the molecule is CCNC(=NCc1cccc(Cn2cncn2)c1)N1CCC(C)C(n2ccnc2)C1. The summed E-state index contributed by atoms with van der Waals surface area (Å²) in [5.74, 6) is 1.60. The summed E-state index contributed by atoms with van der Waals surface area (Å²) >= 11 is 0. The van der Waals surface area contributed by atoms with Gasteiger partial charge in [0.2, 0.25) is 0 Å². The van der Waals surface area contributed by atoms with E-state index in [1.807, 2.05) is 17.2 Å². The highest BCUT2D eigenvalue weighted by molar-refractivity contribution is 5.80. The Bertz CT molecular complexity index is 932. The zero-order chi connectivity index (χ0) is 20.8. The molecule has 2 atom stereocenters. The molecule has 2 unspecified atom stereocenters. The standard InChI is InChI=1S/C22H30N8/c1-3-25-22(28-9-7-18(2)21(14-28)29-10-8-23-16-29)26-12-19-5-4-6-20(11-19)13-30-17-24-15-27-30/h4-6,8,10-11,15-18,21H,3,7,9,12-14H2,1-2H3,(H,25,26). The Morgan fingerprint density at radius 2 is 2.13 bits per heavy atom. The van der Waals surface area contributed by atoms with Crippen LogP contribution in [0.1, 0.15) is 37.4 Å². The van der Waals surface area contributed by atoms with Crippen molar-refractivity contribution in [1.29, 1.82) is 0 Å². The molecule has 4 rings (SSSR count). The van der Waals surface area contributed by atoms with Gasteiger partial charge in [-0.05, 0) is 30.4 Å². The molecule has 1 aliphatic heterocycles. The molecule has 0 radical (unpaired) electrons. The van der Waals surface area contributed by atoms with Gasteiger partial charge < -0.3 is 14.8 Å². The molecule has 8 heteroatoms. The first-order chi connectivity index (χ1) is 14.7. The zero-order valence-electron chi connectivity index (χ0n) is 17.7. The molecule has 3 aromatic rings. The van der Waals surface area contributed by atoms with Crippen LogP contribution in [0.15, 0.2) is 60.6 Å². The Morgan fingerprint density at radius 3 is 2.90 bits per heavy atom. The van der Waals surface area contributed by atoms with Crippen molar-refractivity contribution in [1.82, 2.24) is 34.5 Å². The van der Waals surface area contributed by atoms with Crippen molar-refractivity contribution in [3.63, 3.8) is 0 Å². The van der Waals surface area contributed by atoms with Crippen molar-refractivity contribution in [2.75, 3.05) is 19.6 Å². The van der Waals surface area contributed by atoms with E-state index in [2.05, 4.69) is 74.2 Å². The van der Waals surface area contributed by atoms with E-state index in [1.165, 1.54) is 11.1 Å². The largest absolute Gasteiger partial charge is 0.357 e. The quantitative estimate of drug-likeness (QED) is 0.503. The van der Waals surface area contributed by atoms with Crippen LogP contribution in [0.5, 0.6) is 0 Å².